The molecule has 160 valence electrons. The molecule has 13 heteroatoms. The second kappa shape index (κ2) is 7.41. The first-order valence-corrected chi connectivity index (χ1v) is 8.55. The van der Waals surface area contributed by atoms with Crippen LogP contribution >= 0.6 is 0 Å². The Morgan fingerprint density at radius 3 is 2.26 bits per heavy atom. The predicted octanol–water partition coefficient (Wildman–Crippen LogP) is 5.27. The summed E-state index contributed by atoms with van der Waals surface area (Å²) >= 11 is 0. The number of aromatic amines is 1. The highest BCUT2D eigenvalue weighted by Crippen LogP contribution is 2.36. The summed E-state index contributed by atoms with van der Waals surface area (Å²) in [7, 11) is 0. The van der Waals surface area contributed by atoms with Crippen molar-refractivity contribution >= 4 is 34.3 Å². The fourth-order valence-electron chi connectivity index (χ4n) is 2.72. The fourth-order valence-corrected chi connectivity index (χ4v) is 2.72. The van der Waals surface area contributed by atoms with Gasteiger partial charge in [0.2, 0.25) is 5.95 Å². The number of anilines is 4. The SMILES string of the molecule is FC(F)(F)c1ccc(Nc2ncnc3nc(Nc4ccccc4C(F)(F)F)[nH]c23)cn1. The molecule has 3 heterocycles. The standard InChI is InChI=1S/C18H11F6N7/c19-17(20,21)10-3-1-2-4-11(10)29-16-30-13-14(26-8-27-15(13)31-16)28-9-5-6-12(25-7-9)18(22,23)24/h1-8H,(H3,26,27,28,29,30,31). The van der Waals surface area contributed by atoms with Gasteiger partial charge >= 0.3 is 12.4 Å². The highest BCUT2D eigenvalue weighted by molar-refractivity contribution is 5.87. The van der Waals surface area contributed by atoms with Gasteiger partial charge in [0.1, 0.15) is 17.5 Å². The van der Waals surface area contributed by atoms with Gasteiger partial charge in [-0.2, -0.15) is 31.3 Å². The molecule has 0 radical (unpaired) electrons. The molecule has 4 aromatic rings. The van der Waals surface area contributed by atoms with Crippen LogP contribution < -0.4 is 10.6 Å². The minimum atomic E-state index is -4.57. The number of nitrogens with one attached hydrogen (secondary N) is 3. The number of imidazole rings is 1. The van der Waals surface area contributed by atoms with Crippen molar-refractivity contribution in [2.45, 2.75) is 12.4 Å². The number of pyridine rings is 1. The number of hydrogen-bond donors (Lipinski definition) is 3. The minimum absolute atomic E-state index is 0.0270. The lowest BCUT2D eigenvalue weighted by atomic mass is 10.1. The number of halogens is 6. The highest BCUT2D eigenvalue weighted by atomic mass is 19.4. The number of fused-ring (bicyclic) bond motifs is 1. The number of nitrogens with zero attached hydrogens (tertiary/aromatic N) is 4. The summed E-state index contributed by atoms with van der Waals surface area (Å²) < 4.78 is 77.5. The van der Waals surface area contributed by atoms with Crippen LogP contribution in [0.3, 0.4) is 0 Å². The molecule has 3 N–H and O–H groups in total. The predicted molar refractivity (Wildman–Crippen MR) is 98.9 cm³/mol. The Kier molecular flexibility index (Phi) is 4.87. The van der Waals surface area contributed by atoms with Crippen LogP contribution in [-0.2, 0) is 12.4 Å². The van der Waals surface area contributed by atoms with E-state index in [2.05, 4.69) is 35.6 Å². The lowest BCUT2D eigenvalue weighted by Gasteiger charge is -2.12. The van der Waals surface area contributed by atoms with E-state index >= 15 is 0 Å². The Morgan fingerprint density at radius 2 is 1.58 bits per heavy atom. The maximum Gasteiger partial charge on any atom is 0.433 e. The second-order valence-electron chi connectivity index (χ2n) is 6.23. The Morgan fingerprint density at radius 1 is 0.806 bits per heavy atom. The van der Waals surface area contributed by atoms with E-state index in [0.29, 0.717) is 0 Å². The molecule has 7 nitrogen and oxygen atoms in total. The summed E-state index contributed by atoms with van der Waals surface area (Å²) in [5, 5.41) is 5.34. The highest BCUT2D eigenvalue weighted by Gasteiger charge is 2.33. The third kappa shape index (κ3) is 4.34. The van der Waals surface area contributed by atoms with Crippen molar-refractivity contribution in [1.82, 2.24) is 24.9 Å². The molecule has 0 bridgehead atoms. The second-order valence-corrected chi connectivity index (χ2v) is 6.23. The van der Waals surface area contributed by atoms with Crippen LogP contribution in [0.2, 0.25) is 0 Å². The van der Waals surface area contributed by atoms with Crippen LogP contribution in [0.4, 0.5) is 49.5 Å². The summed E-state index contributed by atoms with van der Waals surface area (Å²) in [6.45, 7) is 0. The van der Waals surface area contributed by atoms with Gasteiger partial charge in [0, 0.05) is 0 Å². The lowest BCUT2D eigenvalue weighted by Crippen LogP contribution is -2.08. The molecule has 0 amide bonds. The van der Waals surface area contributed by atoms with Crippen LogP contribution in [0.25, 0.3) is 11.2 Å². The Labute approximate surface area is 169 Å². The molecule has 1 aromatic carbocycles. The Hall–Kier alpha value is -3.90. The van der Waals surface area contributed by atoms with Gasteiger partial charge in [0.05, 0.1) is 23.1 Å². The van der Waals surface area contributed by atoms with Crippen molar-refractivity contribution in [2.24, 2.45) is 0 Å². The maximum atomic E-state index is 13.2. The number of alkyl halides is 6. The molecule has 0 aliphatic heterocycles. The maximum absolute atomic E-state index is 13.2. The zero-order valence-corrected chi connectivity index (χ0v) is 15.2. The molecular formula is C18H11F6N7. The van der Waals surface area contributed by atoms with Crippen molar-refractivity contribution in [2.75, 3.05) is 10.6 Å². The van der Waals surface area contributed by atoms with Crippen LogP contribution in [0, 0.1) is 0 Å². The number of hydrogen-bond acceptors (Lipinski definition) is 6. The average Bonchev–Trinajstić information content (AvgIpc) is 3.11. The number of aromatic nitrogens is 5. The Balaban J connectivity index is 1.63. The van der Waals surface area contributed by atoms with E-state index in [4.69, 9.17) is 0 Å². The van der Waals surface area contributed by atoms with Gasteiger partial charge in [-0.25, -0.2) is 15.0 Å². The van der Waals surface area contributed by atoms with Crippen molar-refractivity contribution in [3.8, 4) is 0 Å². The first kappa shape index (κ1) is 20.4. The van der Waals surface area contributed by atoms with E-state index in [0.717, 1.165) is 24.7 Å². The zero-order valence-electron chi connectivity index (χ0n) is 15.2. The first-order chi connectivity index (χ1) is 14.6. The van der Waals surface area contributed by atoms with Crippen molar-refractivity contribution in [1.29, 1.82) is 0 Å². The molecule has 0 spiro atoms. The molecule has 0 aliphatic carbocycles. The third-order valence-electron chi connectivity index (χ3n) is 4.09. The summed E-state index contributed by atoms with van der Waals surface area (Å²) in [5.41, 5.74) is -1.58. The monoisotopic (exact) mass is 439 g/mol. The van der Waals surface area contributed by atoms with E-state index in [1.54, 1.807) is 0 Å². The summed E-state index contributed by atoms with van der Waals surface area (Å²) in [6.07, 6.45) is -7.02. The number of benzene rings is 1. The van der Waals surface area contributed by atoms with Crippen LogP contribution in [0.5, 0.6) is 0 Å². The number of rotatable bonds is 4. The molecule has 0 atom stereocenters. The van der Waals surface area contributed by atoms with E-state index < -0.39 is 23.6 Å². The molecule has 31 heavy (non-hydrogen) atoms. The smallest absolute Gasteiger partial charge is 0.337 e. The molecular weight excluding hydrogens is 428 g/mol. The van der Waals surface area contributed by atoms with Crippen LogP contribution in [-0.4, -0.2) is 24.9 Å². The van der Waals surface area contributed by atoms with Gasteiger partial charge in [-0.3, -0.25) is 0 Å². The van der Waals surface area contributed by atoms with Gasteiger partial charge in [-0.05, 0) is 24.3 Å². The van der Waals surface area contributed by atoms with Gasteiger partial charge < -0.3 is 15.6 Å². The third-order valence-corrected chi connectivity index (χ3v) is 4.09. The van der Waals surface area contributed by atoms with Gasteiger partial charge in [0.25, 0.3) is 0 Å². The average molecular weight is 439 g/mol. The van der Waals surface area contributed by atoms with Crippen LogP contribution in [0.1, 0.15) is 11.3 Å². The number of H-pyrrole nitrogens is 1. The van der Waals surface area contributed by atoms with Crippen LogP contribution in [0.15, 0.2) is 48.9 Å². The van der Waals surface area contributed by atoms with Crippen molar-refractivity contribution < 1.29 is 26.3 Å². The minimum Gasteiger partial charge on any atom is -0.337 e. The number of para-hydroxylation sites is 1. The molecule has 0 aliphatic rings. The van der Waals surface area contributed by atoms with Gasteiger partial charge in [0.15, 0.2) is 11.5 Å². The molecule has 0 saturated carbocycles. The van der Waals surface area contributed by atoms with E-state index in [9.17, 15) is 26.3 Å². The summed E-state index contributed by atoms with van der Waals surface area (Å²) in [5.74, 6) is 0.122. The van der Waals surface area contributed by atoms with Gasteiger partial charge in [-0.1, -0.05) is 12.1 Å². The fraction of sp³-hybridized carbons (Fsp3) is 0.111. The zero-order chi connectivity index (χ0) is 22.2. The normalized spacial score (nSPS) is 12.2. The summed E-state index contributed by atoms with van der Waals surface area (Å²) in [6, 6.07) is 6.83. The summed E-state index contributed by atoms with van der Waals surface area (Å²) in [4.78, 5) is 18.1. The van der Waals surface area contributed by atoms with Crippen molar-refractivity contribution in [3.05, 3.63) is 60.2 Å². The van der Waals surface area contributed by atoms with Crippen molar-refractivity contribution in [3.63, 3.8) is 0 Å². The van der Waals surface area contributed by atoms with E-state index in [-0.39, 0.29) is 34.3 Å². The molecule has 0 fully saturated rings. The van der Waals surface area contributed by atoms with E-state index in [1.807, 2.05) is 0 Å². The first-order valence-electron chi connectivity index (χ1n) is 8.55. The Bertz CT molecular complexity index is 1210. The van der Waals surface area contributed by atoms with E-state index in [1.165, 1.54) is 24.3 Å². The molecule has 3 aromatic heterocycles. The quantitative estimate of drug-likeness (QED) is 0.375. The molecule has 0 unspecified atom stereocenters. The largest absolute Gasteiger partial charge is 0.433 e. The van der Waals surface area contributed by atoms with Gasteiger partial charge in [-0.15, -0.1) is 0 Å². The lowest BCUT2D eigenvalue weighted by molar-refractivity contribution is -0.141. The topological polar surface area (TPSA) is 91.4 Å². The molecule has 4 rings (SSSR count). The molecule has 0 saturated heterocycles.